The Balaban J connectivity index is 2.16. The van der Waals surface area contributed by atoms with Crippen LogP contribution in [0.15, 0.2) is 4.99 Å². The van der Waals surface area contributed by atoms with Gasteiger partial charge in [-0.3, -0.25) is 4.99 Å². The van der Waals surface area contributed by atoms with Gasteiger partial charge in [0.1, 0.15) is 0 Å². The highest BCUT2D eigenvalue weighted by atomic mass is 16.5. The number of hydrogen-bond acceptors (Lipinski definition) is 3. The maximum Gasteiger partial charge on any atom is 0.191 e. The lowest BCUT2D eigenvalue weighted by Gasteiger charge is -2.21. The maximum absolute atomic E-state index is 5.62. The van der Waals surface area contributed by atoms with Crippen LogP contribution in [0.2, 0.25) is 0 Å². The Morgan fingerprint density at radius 3 is 2.71 bits per heavy atom. The number of rotatable bonds is 9. The predicted octanol–water partition coefficient (Wildman–Crippen LogP) is 1.84. The second kappa shape index (κ2) is 10.9. The number of guanidine groups is 1. The van der Waals surface area contributed by atoms with Crippen LogP contribution in [0.25, 0.3) is 0 Å². The van der Waals surface area contributed by atoms with E-state index >= 15 is 0 Å². The first-order chi connectivity index (χ1) is 10.2. The summed E-state index contributed by atoms with van der Waals surface area (Å²) in [7, 11) is 1.83. The van der Waals surface area contributed by atoms with Crippen LogP contribution >= 0.6 is 0 Å². The van der Waals surface area contributed by atoms with Crippen molar-refractivity contribution in [1.82, 2.24) is 15.5 Å². The molecule has 2 atom stereocenters. The minimum atomic E-state index is 0.349. The minimum absolute atomic E-state index is 0.349. The standard InChI is InChI=1S/C16H34N4O/c1-5-20(6-2)11-7-9-14(3)19-16(17-4)18-13-15-10-8-12-21-15/h14-15H,5-13H2,1-4H3,(H2,17,18,19). The molecule has 5 heteroatoms. The highest BCUT2D eigenvalue weighted by Crippen LogP contribution is 2.10. The lowest BCUT2D eigenvalue weighted by molar-refractivity contribution is 0.113. The van der Waals surface area contributed by atoms with Crippen molar-refractivity contribution in [3.05, 3.63) is 0 Å². The monoisotopic (exact) mass is 298 g/mol. The molecule has 1 fully saturated rings. The number of nitrogens with zero attached hydrogens (tertiary/aromatic N) is 2. The first-order valence-electron chi connectivity index (χ1n) is 8.50. The molecule has 0 aromatic heterocycles. The molecule has 0 amide bonds. The summed E-state index contributed by atoms with van der Waals surface area (Å²) < 4.78 is 5.62. The van der Waals surface area contributed by atoms with Crippen molar-refractivity contribution in [2.75, 3.05) is 39.8 Å². The summed E-state index contributed by atoms with van der Waals surface area (Å²) in [6, 6.07) is 0.441. The van der Waals surface area contributed by atoms with E-state index in [0.717, 1.165) is 45.0 Å². The molecule has 2 unspecified atom stereocenters. The van der Waals surface area contributed by atoms with E-state index in [1.54, 1.807) is 0 Å². The fraction of sp³-hybridized carbons (Fsp3) is 0.938. The smallest absolute Gasteiger partial charge is 0.191 e. The zero-order chi connectivity index (χ0) is 15.5. The van der Waals surface area contributed by atoms with Gasteiger partial charge in [0.25, 0.3) is 0 Å². The van der Waals surface area contributed by atoms with Crippen LogP contribution in [-0.2, 0) is 4.74 Å². The van der Waals surface area contributed by atoms with E-state index in [9.17, 15) is 0 Å². The Kier molecular flexibility index (Phi) is 9.42. The van der Waals surface area contributed by atoms with Crippen molar-refractivity contribution in [3.63, 3.8) is 0 Å². The van der Waals surface area contributed by atoms with Gasteiger partial charge in [-0.2, -0.15) is 0 Å². The van der Waals surface area contributed by atoms with Gasteiger partial charge < -0.3 is 20.3 Å². The van der Waals surface area contributed by atoms with Crippen LogP contribution in [0.4, 0.5) is 0 Å². The molecule has 5 nitrogen and oxygen atoms in total. The van der Waals surface area contributed by atoms with Crippen molar-refractivity contribution in [2.45, 2.75) is 58.6 Å². The Bertz CT molecular complexity index is 286. The zero-order valence-electron chi connectivity index (χ0n) is 14.3. The quantitative estimate of drug-likeness (QED) is 0.504. The van der Waals surface area contributed by atoms with Crippen molar-refractivity contribution in [2.24, 2.45) is 4.99 Å². The predicted molar refractivity (Wildman–Crippen MR) is 90.0 cm³/mol. The second-order valence-electron chi connectivity index (χ2n) is 5.80. The van der Waals surface area contributed by atoms with Crippen molar-refractivity contribution < 1.29 is 4.74 Å². The Morgan fingerprint density at radius 2 is 2.14 bits per heavy atom. The fourth-order valence-electron chi connectivity index (χ4n) is 2.68. The van der Waals surface area contributed by atoms with Gasteiger partial charge in [0.2, 0.25) is 0 Å². The van der Waals surface area contributed by atoms with E-state index in [4.69, 9.17) is 4.74 Å². The Morgan fingerprint density at radius 1 is 1.38 bits per heavy atom. The van der Waals surface area contributed by atoms with Crippen molar-refractivity contribution >= 4 is 5.96 Å². The normalized spacial score (nSPS) is 20.8. The van der Waals surface area contributed by atoms with E-state index in [0.29, 0.717) is 12.1 Å². The van der Waals surface area contributed by atoms with Gasteiger partial charge in [-0.05, 0) is 52.2 Å². The van der Waals surface area contributed by atoms with Crippen molar-refractivity contribution in [1.29, 1.82) is 0 Å². The van der Waals surface area contributed by atoms with Gasteiger partial charge in [0.05, 0.1) is 6.10 Å². The molecular weight excluding hydrogens is 264 g/mol. The maximum atomic E-state index is 5.62. The molecule has 21 heavy (non-hydrogen) atoms. The molecule has 1 aliphatic heterocycles. The van der Waals surface area contributed by atoms with Gasteiger partial charge >= 0.3 is 0 Å². The highest BCUT2D eigenvalue weighted by Gasteiger charge is 2.15. The van der Waals surface area contributed by atoms with Gasteiger partial charge in [0, 0.05) is 26.2 Å². The molecule has 1 aliphatic rings. The van der Waals surface area contributed by atoms with E-state index in [1.165, 1.54) is 19.4 Å². The first-order valence-corrected chi connectivity index (χ1v) is 8.50. The lowest BCUT2D eigenvalue weighted by atomic mass is 10.2. The van der Waals surface area contributed by atoms with Crippen LogP contribution in [0.5, 0.6) is 0 Å². The molecule has 2 N–H and O–H groups in total. The van der Waals surface area contributed by atoms with Gasteiger partial charge in [-0.25, -0.2) is 0 Å². The Hall–Kier alpha value is -0.810. The Labute approximate surface area is 130 Å². The molecule has 1 saturated heterocycles. The van der Waals surface area contributed by atoms with Crippen LogP contribution in [0.3, 0.4) is 0 Å². The van der Waals surface area contributed by atoms with Gasteiger partial charge in [-0.15, -0.1) is 0 Å². The molecule has 0 spiro atoms. The number of nitrogens with one attached hydrogen (secondary N) is 2. The second-order valence-corrected chi connectivity index (χ2v) is 5.80. The van der Waals surface area contributed by atoms with E-state index in [2.05, 4.69) is 41.3 Å². The topological polar surface area (TPSA) is 48.9 Å². The summed E-state index contributed by atoms with van der Waals surface area (Å²) in [6.07, 6.45) is 5.07. The van der Waals surface area contributed by atoms with Gasteiger partial charge in [0.15, 0.2) is 5.96 Å². The van der Waals surface area contributed by atoms with E-state index in [1.807, 2.05) is 7.05 Å². The number of ether oxygens (including phenoxy) is 1. The highest BCUT2D eigenvalue weighted by molar-refractivity contribution is 5.79. The first kappa shape index (κ1) is 18.2. The number of aliphatic imine (C=N–C) groups is 1. The third-order valence-corrected chi connectivity index (χ3v) is 4.13. The van der Waals surface area contributed by atoms with Crippen molar-refractivity contribution in [3.8, 4) is 0 Å². The van der Waals surface area contributed by atoms with E-state index in [-0.39, 0.29) is 0 Å². The van der Waals surface area contributed by atoms with Crippen LogP contribution in [0.1, 0.15) is 46.5 Å². The minimum Gasteiger partial charge on any atom is -0.376 e. The average molecular weight is 298 g/mol. The fourth-order valence-corrected chi connectivity index (χ4v) is 2.68. The molecule has 0 bridgehead atoms. The SMILES string of the molecule is CCN(CC)CCCC(C)NC(=NC)NCC1CCCO1. The third kappa shape index (κ3) is 7.67. The summed E-state index contributed by atoms with van der Waals surface area (Å²) in [5.41, 5.74) is 0. The summed E-state index contributed by atoms with van der Waals surface area (Å²) >= 11 is 0. The van der Waals surface area contributed by atoms with Gasteiger partial charge in [-0.1, -0.05) is 13.8 Å². The van der Waals surface area contributed by atoms with Crippen LogP contribution in [-0.4, -0.2) is 62.8 Å². The molecule has 0 aliphatic carbocycles. The molecule has 1 rings (SSSR count). The molecule has 0 aromatic carbocycles. The molecule has 1 heterocycles. The summed E-state index contributed by atoms with van der Waals surface area (Å²) in [6.45, 7) is 11.9. The van der Waals surface area contributed by atoms with Crippen LogP contribution in [0, 0.1) is 0 Å². The molecule has 0 radical (unpaired) electrons. The summed E-state index contributed by atoms with van der Waals surface area (Å²) in [4.78, 5) is 6.76. The summed E-state index contributed by atoms with van der Waals surface area (Å²) in [5.74, 6) is 0.890. The lowest BCUT2D eigenvalue weighted by Crippen LogP contribution is -2.44. The number of hydrogen-bond donors (Lipinski definition) is 2. The molecular formula is C16H34N4O. The van der Waals surface area contributed by atoms with E-state index < -0.39 is 0 Å². The van der Waals surface area contributed by atoms with Crippen LogP contribution < -0.4 is 10.6 Å². The zero-order valence-corrected chi connectivity index (χ0v) is 14.3. The molecule has 0 saturated carbocycles. The third-order valence-electron chi connectivity index (χ3n) is 4.13. The largest absolute Gasteiger partial charge is 0.376 e. The molecule has 0 aromatic rings. The molecule has 124 valence electrons. The average Bonchev–Trinajstić information content (AvgIpc) is 3.01. The summed E-state index contributed by atoms with van der Waals surface area (Å²) in [5, 5.41) is 6.83.